The van der Waals surface area contributed by atoms with Crippen LogP contribution in [0.15, 0.2) is 24.3 Å². The molecule has 2 aromatic rings. The summed E-state index contributed by atoms with van der Waals surface area (Å²) in [6.07, 6.45) is -6.09. The standard InChI is InChI=1S/C17H15ClF6N4O/c18-11-7-10(5-6-12(11)29-17(22,23)24)25-14-8-13(16(19,20)21)27-15(28-14)26-9-3-1-2-4-9/h5-9H,1-4H2,(H2,25,26,27,28). The number of benzene rings is 1. The van der Waals surface area contributed by atoms with Crippen LogP contribution < -0.4 is 15.4 Å². The van der Waals surface area contributed by atoms with Crippen molar-refractivity contribution in [2.75, 3.05) is 10.6 Å². The van der Waals surface area contributed by atoms with Gasteiger partial charge >= 0.3 is 12.5 Å². The van der Waals surface area contributed by atoms with Crippen LogP contribution in [-0.4, -0.2) is 22.4 Å². The largest absolute Gasteiger partial charge is 0.573 e. The highest BCUT2D eigenvalue weighted by atomic mass is 35.5. The summed E-state index contributed by atoms with van der Waals surface area (Å²) in [6.45, 7) is 0. The zero-order chi connectivity index (χ0) is 21.2. The summed E-state index contributed by atoms with van der Waals surface area (Å²) in [5.41, 5.74) is -1.03. The summed E-state index contributed by atoms with van der Waals surface area (Å²) >= 11 is 5.76. The Labute approximate surface area is 166 Å². The first-order valence-corrected chi connectivity index (χ1v) is 8.92. The molecule has 1 aliphatic carbocycles. The fraction of sp³-hybridized carbons (Fsp3) is 0.412. The Balaban J connectivity index is 1.84. The number of nitrogens with one attached hydrogen (secondary N) is 2. The second-order valence-electron chi connectivity index (χ2n) is 6.40. The van der Waals surface area contributed by atoms with Gasteiger partial charge in [-0.1, -0.05) is 24.4 Å². The van der Waals surface area contributed by atoms with Gasteiger partial charge in [-0.15, -0.1) is 13.2 Å². The third-order valence-corrected chi connectivity index (χ3v) is 4.43. The van der Waals surface area contributed by atoms with Crippen LogP contribution >= 0.6 is 11.6 Å². The average molecular weight is 441 g/mol. The van der Waals surface area contributed by atoms with Crippen molar-refractivity contribution in [1.29, 1.82) is 0 Å². The minimum Gasteiger partial charge on any atom is -0.404 e. The molecule has 1 aromatic heterocycles. The molecule has 0 aliphatic heterocycles. The molecule has 1 heterocycles. The molecule has 12 heteroatoms. The smallest absolute Gasteiger partial charge is 0.404 e. The first kappa shape index (κ1) is 21.3. The van der Waals surface area contributed by atoms with Gasteiger partial charge in [0.1, 0.15) is 11.6 Å². The number of nitrogens with zero attached hydrogens (tertiary/aromatic N) is 2. The normalized spacial score (nSPS) is 15.4. The molecule has 0 unspecified atom stereocenters. The van der Waals surface area contributed by atoms with Crippen molar-refractivity contribution < 1.29 is 31.1 Å². The van der Waals surface area contributed by atoms with Crippen LogP contribution in [0.3, 0.4) is 0 Å². The number of ether oxygens (including phenoxy) is 1. The first-order chi connectivity index (χ1) is 13.5. The quantitative estimate of drug-likeness (QED) is 0.546. The maximum absolute atomic E-state index is 13.2. The summed E-state index contributed by atoms with van der Waals surface area (Å²) in [5.74, 6) is -1.00. The maximum atomic E-state index is 13.2. The van der Waals surface area contributed by atoms with Crippen LogP contribution in [0, 0.1) is 0 Å². The zero-order valence-electron chi connectivity index (χ0n) is 14.7. The lowest BCUT2D eigenvalue weighted by Gasteiger charge is -2.16. The number of alkyl halides is 6. The number of hydrogen-bond donors (Lipinski definition) is 2. The van der Waals surface area contributed by atoms with E-state index in [1.165, 1.54) is 6.07 Å². The van der Waals surface area contributed by atoms with Crippen LogP contribution in [0.1, 0.15) is 31.4 Å². The Bertz CT molecular complexity index is 868. The van der Waals surface area contributed by atoms with Gasteiger partial charge in [0.05, 0.1) is 5.02 Å². The predicted octanol–water partition coefficient (Wildman–Crippen LogP) is 6.15. The Morgan fingerprint density at radius 1 is 1.00 bits per heavy atom. The van der Waals surface area contributed by atoms with Crippen molar-refractivity contribution in [3.63, 3.8) is 0 Å². The van der Waals surface area contributed by atoms with E-state index in [4.69, 9.17) is 11.6 Å². The fourth-order valence-corrected chi connectivity index (χ4v) is 3.13. The highest BCUT2D eigenvalue weighted by Gasteiger charge is 2.34. The third kappa shape index (κ3) is 6.02. The SMILES string of the molecule is FC(F)(F)Oc1ccc(Nc2cc(C(F)(F)F)nc(NC3CCCC3)n2)cc1Cl. The monoisotopic (exact) mass is 440 g/mol. The molecule has 29 heavy (non-hydrogen) atoms. The van der Waals surface area contributed by atoms with E-state index in [1.54, 1.807) is 0 Å². The van der Waals surface area contributed by atoms with Crippen molar-refractivity contribution in [1.82, 2.24) is 9.97 Å². The molecule has 158 valence electrons. The Morgan fingerprint density at radius 3 is 2.28 bits per heavy atom. The van der Waals surface area contributed by atoms with E-state index in [-0.39, 0.29) is 28.5 Å². The number of hydrogen-bond acceptors (Lipinski definition) is 5. The van der Waals surface area contributed by atoms with Crippen molar-refractivity contribution in [3.8, 4) is 5.75 Å². The summed E-state index contributed by atoms with van der Waals surface area (Å²) in [7, 11) is 0. The van der Waals surface area contributed by atoms with Gasteiger partial charge in [0.15, 0.2) is 5.69 Å². The predicted molar refractivity (Wildman–Crippen MR) is 94.3 cm³/mol. The van der Waals surface area contributed by atoms with Crippen molar-refractivity contribution >= 4 is 29.1 Å². The van der Waals surface area contributed by atoms with E-state index in [9.17, 15) is 26.3 Å². The second kappa shape index (κ2) is 8.13. The molecule has 1 saturated carbocycles. The van der Waals surface area contributed by atoms with Crippen LogP contribution in [-0.2, 0) is 6.18 Å². The molecule has 1 fully saturated rings. The van der Waals surface area contributed by atoms with Crippen molar-refractivity contribution in [2.45, 2.75) is 44.3 Å². The van der Waals surface area contributed by atoms with E-state index in [1.807, 2.05) is 0 Å². The van der Waals surface area contributed by atoms with Gasteiger partial charge in [0, 0.05) is 17.8 Å². The third-order valence-electron chi connectivity index (χ3n) is 4.13. The number of rotatable bonds is 5. The lowest BCUT2D eigenvalue weighted by Crippen LogP contribution is -2.19. The summed E-state index contributed by atoms with van der Waals surface area (Å²) < 4.78 is 80.2. The van der Waals surface area contributed by atoms with Gasteiger partial charge in [-0.3, -0.25) is 0 Å². The minimum absolute atomic E-state index is 0.0143. The van der Waals surface area contributed by atoms with Gasteiger partial charge in [0.2, 0.25) is 5.95 Å². The first-order valence-electron chi connectivity index (χ1n) is 8.55. The number of anilines is 3. The molecule has 1 aliphatic rings. The fourth-order valence-electron chi connectivity index (χ4n) is 2.91. The maximum Gasteiger partial charge on any atom is 0.573 e. The highest BCUT2D eigenvalue weighted by molar-refractivity contribution is 6.32. The average Bonchev–Trinajstić information content (AvgIpc) is 3.08. The summed E-state index contributed by atoms with van der Waals surface area (Å²) in [4.78, 5) is 7.55. The Kier molecular flexibility index (Phi) is 5.97. The van der Waals surface area contributed by atoms with Gasteiger partial charge in [-0.2, -0.15) is 18.2 Å². The molecule has 0 atom stereocenters. The zero-order valence-corrected chi connectivity index (χ0v) is 15.4. The van der Waals surface area contributed by atoms with Crippen LogP contribution in [0.4, 0.5) is 43.8 Å². The van der Waals surface area contributed by atoms with Gasteiger partial charge in [-0.25, -0.2) is 4.98 Å². The summed E-state index contributed by atoms with van der Waals surface area (Å²) in [6, 6.07) is 3.89. The Morgan fingerprint density at radius 2 is 1.69 bits per heavy atom. The molecule has 0 bridgehead atoms. The molecule has 0 amide bonds. The van der Waals surface area contributed by atoms with Crippen LogP contribution in [0.2, 0.25) is 5.02 Å². The molecule has 5 nitrogen and oxygen atoms in total. The van der Waals surface area contributed by atoms with Gasteiger partial charge < -0.3 is 15.4 Å². The van der Waals surface area contributed by atoms with E-state index >= 15 is 0 Å². The molecular formula is C17H15ClF6N4O. The van der Waals surface area contributed by atoms with Gasteiger partial charge in [0.25, 0.3) is 0 Å². The van der Waals surface area contributed by atoms with Crippen molar-refractivity contribution in [3.05, 3.63) is 35.0 Å². The Hall–Kier alpha value is -2.43. The van der Waals surface area contributed by atoms with E-state index in [0.717, 1.165) is 37.8 Å². The molecule has 0 spiro atoms. The van der Waals surface area contributed by atoms with E-state index in [2.05, 4.69) is 25.3 Å². The topological polar surface area (TPSA) is 59.1 Å². The number of halogens is 7. The lowest BCUT2D eigenvalue weighted by molar-refractivity contribution is -0.274. The molecule has 1 aromatic carbocycles. The molecule has 0 saturated heterocycles. The number of aromatic nitrogens is 2. The molecule has 0 radical (unpaired) electrons. The minimum atomic E-state index is -4.92. The van der Waals surface area contributed by atoms with Crippen LogP contribution in [0.5, 0.6) is 5.75 Å². The second-order valence-corrected chi connectivity index (χ2v) is 6.81. The van der Waals surface area contributed by atoms with Gasteiger partial charge in [-0.05, 0) is 31.0 Å². The molecular weight excluding hydrogens is 426 g/mol. The molecule has 2 N–H and O–H groups in total. The summed E-state index contributed by atoms with van der Waals surface area (Å²) in [5, 5.41) is 5.12. The lowest BCUT2D eigenvalue weighted by atomic mass is 10.2. The van der Waals surface area contributed by atoms with Crippen molar-refractivity contribution in [2.24, 2.45) is 0 Å². The van der Waals surface area contributed by atoms with E-state index < -0.39 is 24.0 Å². The molecule has 3 rings (SSSR count). The highest BCUT2D eigenvalue weighted by Crippen LogP contribution is 2.34. The van der Waals surface area contributed by atoms with Crippen LogP contribution in [0.25, 0.3) is 0 Å². The van der Waals surface area contributed by atoms with E-state index in [0.29, 0.717) is 6.07 Å².